The number of nitrogens with one attached hydrogen (secondary N) is 1. The summed E-state index contributed by atoms with van der Waals surface area (Å²) in [5, 5.41) is 2.71. The predicted octanol–water partition coefficient (Wildman–Crippen LogP) is 1.18. The number of para-hydroxylation sites is 2. The Morgan fingerprint density at radius 3 is 2.93 bits per heavy atom. The van der Waals surface area contributed by atoms with Gasteiger partial charge in [-0.2, -0.15) is 0 Å². The van der Waals surface area contributed by atoms with E-state index in [1.54, 1.807) is 10.6 Å². The molecule has 2 heterocycles. The molecule has 2 aromatic heterocycles. The number of hydrogen-bond acceptors (Lipinski definition) is 2. The summed E-state index contributed by atoms with van der Waals surface area (Å²) in [5.74, 6) is 0. The van der Waals surface area contributed by atoms with E-state index >= 15 is 0 Å². The number of nitrogens with zero attached hydrogens (tertiary/aromatic N) is 2. The number of benzene rings is 1. The zero-order valence-corrected chi connectivity index (χ0v) is 7.27. The van der Waals surface area contributed by atoms with Crippen LogP contribution in [0.3, 0.4) is 0 Å². The van der Waals surface area contributed by atoms with E-state index in [2.05, 4.69) is 10.1 Å². The number of hydrogen-bond donors (Lipinski definition) is 1. The Bertz CT molecular complexity index is 665. The van der Waals surface area contributed by atoms with Crippen molar-refractivity contribution in [2.45, 2.75) is 0 Å². The standard InChI is InChI=1S/C10H7N3O/c14-10-6-5-9-11-7-3-1-2-4-8(7)13(9)12-10/h1-6H,(H,12,14). The van der Waals surface area contributed by atoms with Crippen molar-refractivity contribution in [1.29, 1.82) is 0 Å². The molecule has 0 saturated heterocycles. The van der Waals surface area contributed by atoms with Gasteiger partial charge in [0.15, 0.2) is 5.65 Å². The third-order valence-electron chi connectivity index (χ3n) is 2.19. The second-order valence-corrected chi connectivity index (χ2v) is 3.10. The SMILES string of the molecule is O=c1ccc2nc3ccccc3n2[nH]1. The van der Waals surface area contributed by atoms with E-state index < -0.39 is 0 Å². The fourth-order valence-electron chi connectivity index (χ4n) is 1.57. The summed E-state index contributed by atoms with van der Waals surface area (Å²) in [6, 6.07) is 10.9. The molecule has 0 saturated carbocycles. The molecule has 0 bridgehead atoms. The van der Waals surface area contributed by atoms with Crippen LogP contribution in [0.1, 0.15) is 0 Å². The Morgan fingerprint density at radius 2 is 2.00 bits per heavy atom. The maximum Gasteiger partial charge on any atom is 0.263 e. The molecule has 1 aromatic carbocycles. The van der Waals surface area contributed by atoms with Crippen molar-refractivity contribution in [2.75, 3.05) is 0 Å². The van der Waals surface area contributed by atoms with Crippen LogP contribution in [0.4, 0.5) is 0 Å². The summed E-state index contributed by atoms with van der Waals surface area (Å²) in [6.45, 7) is 0. The highest BCUT2D eigenvalue weighted by molar-refractivity contribution is 5.79. The Labute approximate surface area is 78.8 Å². The van der Waals surface area contributed by atoms with Crippen molar-refractivity contribution < 1.29 is 0 Å². The van der Waals surface area contributed by atoms with Gasteiger partial charge in [0.1, 0.15) is 0 Å². The van der Waals surface area contributed by atoms with Crippen molar-refractivity contribution in [2.24, 2.45) is 0 Å². The number of H-pyrrole nitrogens is 1. The van der Waals surface area contributed by atoms with Gasteiger partial charge in [-0.05, 0) is 18.2 Å². The van der Waals surface area contributed by atoms with Gasteiger partial charge in [0.05, 0.1) is 11.0 Å². The zero-order chi connectivity index (χ0) is 9.54. The molecular weight excluding hydrogens is 178 g/mol. The minimum atomic E-state index is -0.124. The molecule has 0 unspecified atom stereocenters. The normalized spacial score (nSPS) is 11.1. The molecule has 3 rings (SSSR count). The fraction of sp³-hybridized carbons (Fsp3) is 0. The molecule has 0 radical (unpaired) electrons. The first-order valence-corrected chi connectivity index (χ1v) is 4.31. The molecular formula is C10H7N3O. The van der Waals surface area contributed by atoms with E-state index in [4.69, 9.17) is 0 Å². The predicted molar refractivity (Wildman–Crippen MR) is 53.3 cm³/mol. The first-order chi connectivity index (χ1) is 6.84. The van der Waals surface area contributed by atoms with Crippen molar-refractivity contribution in [3.05, 3.63) is 46.8 Å². The summed E-state index contributed by atoms with van der Waals surface area (Å²) in [7, 11) is 0. The van der Waals surface area contributed by atoms with Crippen LogP contribution in [-0.2, 0) is 0 Å². The van der Waals surface area contributed by atoms with Gasteiger partial charge in [-0.1, -0.05) is 12.1 Å². The molecule has 68 valence electrons. The first kappa shape index (κ1) is 7.32. The van der Waals surface area contributed by atoms with Crippen molar-refractivity contribution >= 4 is 16.7 Å². The van der Waals surface area contributed by atoms with Gasteiger partial charge in [-0.15, -0.1) is 0 Å². The van der Waals surface area contributed by atoms with Crippen LogP contribution in [0.5, 0.6) is 0 Å². The van der Waals surface area contributed by atoms with E-state index in [1.165, 1.54) is 6.07 Å². The summed E-state index contributed by atoms with van der Waals surface area (Å²) in [6.07, 6.45) is 0. The van der Waals surface area contributed by atoms with Gasteiger partial charge < -0.3 is 0 Å². The second-order valence-electron chi connectivity index (χ2n) is 3.10. The van der Waals surface area contributed by atoms with Crippen molar-refractivity contribution in [3.8, 4) is 0 Å². The van der Waals surface area contributed by atoms with E-state index in [9.17, 15) is 4.79 Å². The van der Waals surface area contributed by atoms with Crippen LogP contribution in [0.2, 0.25) is 0 Å². The van der Waals surface area contributed by atoms with Crippen LogP contribution < -0.4 is 5.56 Å². The quantitative estimate of drug-likeness (QED) is 0.571. The third-order valence-corrected chi connectivity index (χ3v) is 2.19. The van der Waals surface area contributed by atoms with Crippen LogP contribution in [0.15, 0.2) is 41.2 Å². The highest BCUT2D eigenvalue weighted by Crippen LogP contribution is 2.12. The largest absolute Gasteiger partial charge is 0.268 e. The van der Waals surface area contributed by atoms with Crippen LogP contribution >= 0.6 is 0 Å². The molecule has 0 fully saturated rings. The topological polar surface area (TPSA) is 50.2 Å². The molecule has 14 heavy (non-hydrogen) atoms. The Morgan fingerprint density at radius 1 is 1.14 bits per heavy atom. The minimum absolute atomic E-state index is 0.124. The number of imidazole rings is 1. The average Bonchev–Trinajstić information content (AvgIpc) is 2.56. The van der Waals surface area contributed by atoms with Gasteiger partial charge in [0.25, 0.3) is 5.56 Å². The van der Waals surface area contributed by atoms with Crippen LogP contribution in [-0.4, -0.2) is 14.6 Å². The Kier molecular flexibility index (Phi) is 1.28. The average molecular weight is 185 g/mol. The van der Waals surface area contributed by atoms with Gasteiger partial charge >= 0.3 is 0 Å². The number of fused-ring (bicyclic) bond motifs is 3. The highest BCUT2D eigenvalue weighted by Gasteiger charge is 2.02. The molecule has 1 N–H and O–H groups in total. The fourth-order valence-corrected chi connectivity index (χ4v) is 1.57. The van der Waals surface area contributed by atoms with Crippen LogP contribution in [0.25, 0.3) is 16.7 Å². The zero-order valence-electron chi connectivity index (χ0n) is 7.27. The monoisotopic (exact) mass is 185 g/mol. The number of aromatic amines is 1. The summed E-state index contributed by atoms with van der Waals surface area (Å²) < 4.78 is 1.69. The van der Waals surface area contributed by atoms with E-state index in [1.807, 2.05) is 24.3 Å². The van der Waals surface area contributed by atoms with E-state index in [0.717, 1.165) is 16.7 Å². The maximum absolute atomic E-state index is 11.1. The first-order valence-electron chi connectivity index (χ1n) is 4.31. The molecule has 0 spiro atoms. The van der Waals surface area contributed by atoms with E-state index in [-0.39, 0.29) is 5.56 Å². The molecule has 3 aromatic rings. The lowest BCUT2D eigenvalue weighted by Gasteiger charge is -1.92. The molecule has 4 nitrogen and oxygen atoms in total. The second kappa shape index (κ2) is 2.45. The number of aromatic nitrogens is 3. The van der Waals surface area contributed by atoms with Crippen LogP contribution in [0, 0.1) is 0 Å². The van der Waals surface area contributed by atoms with Gasteiger partial charge in [0.2, 0.25) is 0 Å². The summed E-state index contributed by atoms with van der Waals surface area (Å²) >= 11 is 0. The van der Waals surface area contributed by atoms with Crippen molar-refractivity contribution in [1.82, 2.24) is 14.6 Å². The lowest BCUT2D eigenvalue weighted by atomic mass is 10.3. The molecule has 0 aliphatic heterocycles. The molecule has 0 amide bonds. The molecule has 0 atom stereocenters. The molecule has 0 aliphatic rings. The lowest BCUT2D eigenvalue weighted by molar-refractivity contribution is 0.931. The summed E-state index contributed by atoms with van der Waals surface area (Å²) in [5.41, 5.74) is 2.43. The van der Waals surface area contributed by atoms with E-state index in [0.29, 0.717) is 0 Å². The Hall–Kier alpha value is -2.10. The number of rotatable bonds is 0. The van der Waals surface area contributed by atoms with Gasteiger partial charge in [0, 0.05) is 6.07 Å². The lowest BCUT2D eigenvalue weighted by Crippen LogP contribution is -2.08. The maximum atomic E-state index is 11.1. The van der Waals surface area contributed by atoms with Gasteiger partial charge in [-0.25, -0.2) is 9.50 Å². The molecule has 4 heteroatoms. The minimum Gasteiger partial charge on any atom is -0.268 e. The van der Waals surface area contributed by atoms with Gasteiger partial charge in [-0.3, -0.25) is 9.89 Å². The van der Waals surface area contributed by atoms with Crippen molar-refractivity contribution in [3.63, 3.8) is 0 Å². The molecule has 0 aliphatic carbocycles. The summed E-state index contributed by atoms with van der Waals surface area (Å²) in [4.78, 5) is 15.5. The smallest absolute Gasteiger partial charge is 0.263 e. The highest BCUT2D eigenvalue weighted by atomic mass is 16.1. The Balaban J connectivity index is 2.65. The third kappa shape index (κ3) is 0.877.